The third-order valence-corrected chi connectivity index (χ3v) is 5.70. The Morgan fingerprint density at radius 2 is 1.56 bits per heavy atom. The molecule has 4 aliphatic rings. The molecule has 104 valence electrons. The normalized spacial score (nSPS) is 39.7. The van der Waals surface area contributed by atoms with Gasteiger partial charge in [0.1, 0.15) is 5.54 Å². The monoisotopic (exact) mass is 252 g/mol. The van der Waals surface area contributed by atoms with Crippen LogP contribution in [0.25, 0.3) is 0 Å². The molecule has 4 aliphatic heterocycles. The molecule has 3 heteroatoms. The topological polar surface area (TPSA) is 28.5 Å². The Bertz CT molecular complexity index is 245. The largest absolute Gasteiger partial charge is 0.329 e. The average Bonchev–Trinajstić information content (AvgIpc) is 2.57. The number of fused-ring (bicyclic) bond motifs is 1. The maximum atomic E-state index is 3.40. The molecular formula is C15H30N3+. The van der Waals surface area contributed by atoms with Crippen LogP contribution in [-0.4, -0.2) is 44.8 Å². The maximum absolute atomic E-state index is 3.40. The van der Waals surface area contributed by atoms with Crippen molar-refractivity contribution in [3.05, 3.63) is 0 Å². The SMILES string of the molecule is C1CCCNCC1.C1C[NH+]2CCC2(C2CNC2)C1. The Kier molecular flexibility index (Phi) is 4.22. The van der Waals surface area contributed by atoms with Gasteiger partial charge in [0, 0.05) is 31.8 Å². The first-order valence-corrected chi connectivity index (χ1v) is 8.18. The van der Waals surface area contributed by atoms with Gasteiger partial charge in [-0.15, -0.1) is 0 Å². The van der Waals surface area contributed by atoms with Crippen LogP contribution in [-0.2, 0) is 0 Å². The van der Waals surface area contributed by atoms with E-state index in [0.717, 1.165) is 11.5 Å². The molecule has 0 spiro atoms. The van der Waals surface area contributed by atoms with Crippen molar-refractivity contribution in [2.24, 2.45) is 5.92 Å². The van der Waals surface area contributed by atoms with Gasteiger partial charge in [-0.1, -0.05) is 12.8 Å². The van der Waals surface area contributed by atoms with E-state index in [1.54, 1.807) is 0 Å². The molecule has 0 saturated carbocycles. The standard InChI is InChI=1S/C9H16N2.C6H13N/c1-2-9(8-6-10-7-8)3-5-11(9)4-1;1-2-4-6-7-5-3-1/h8,10H,1-7H2;7H,1-6H2/p+1. The van der Waals surface area contributed by atoms with E-state index in [9.17, 15) is 0 Å². The van der Waals surface area contributed by atoms with Gasteiger partial charge in [0.2, 0.25) is 0 Å². The van der Waals surface area contributed by atoms with Crippen molar-refractivity contribution < 1.29 is 4.90 Å². The Labute approximate surface area is 112 Å². The summed E-state index contributed by atoms with van der Waals surface area (Å²) in [5, 5.41) is 6.75. The minimum Gasteiger partial charge on any atom is -0.329 e. The second kappa shape index (κ2) is 5.89. The summed E-state index contributed by atoms with van der Waals surface area (Å²) in [5.74, 6) is 1.04. The Morgan fingerprint density at radius 3 is 2.06 bits per heavy atom. The lowest BCUT2D eigenvalue weighted by Gasteiger charge is -2.52. The molecule has 4 fully saturated rings. The highest BCUT2D eigenvalue weighted by Gasteiger charge is 2.58. The smallest absolute Gasteiger partial charge is 0.109 e. The van der Waals surface area contributed by atoms with Gasteiger partial charge in [0.25, 0.3) is 0 Å². The summed E-state index contributed by atoms with van der Waals surface area (Å²) in [4.78, 5) is 1.93. The van der Waals surface area contributed by atoms with E-state index in [1.165, 1.54) is 84.2 Å². The molecule has 0 aliphatic carbocycles. The molecular weight excluding hydrogens is 222 g/mol. The molecule has 0 bridgehead atoms. The summed E-state index contributed by atoms with van der Waals surface area (Å²) < 4.78 is 0. The molecule has 4 rings (SSSR count). The van der Waals surface area contributed by atoms with Crippen LogP contribution in [0.4, 0.5) is 0 Å². The average molecular weight is 252 g/mol. The minimum absolute atomic E-state index is 0.783. The van der Waals surface area contributed by atoms with E-state index in [2.05, 4.69) is 10.6 Å². The summed E-state index contributed by atoms with van der Waals surface area (Å²) in [5.41, 5.74) is 0.783. The van der Waals surface area contributed by atoms with E-state index < -0.39 is 0 Å². The fourth-order valence-electron chi connectivity index (χ4n) is 4.27. The van der Waals surface area contributed by atoms with Gasteiger partial charge in [-0.05, 0) is 25.9 Å². The first-order chi connectivity index (χ1) is 8.92. The lowest BCUT2D eigenvalue weighted by Crippen LogP contribution is -3.26. The molecule has 3 nitrogen and oxygen atoms in total. The van der Waals surface area contributed by atoms with Crippen LogP contribution in [0.5, 0.6) is 0 Å². The van der Waals surface area contributed by atoms with Crippen LogP contribution >= 0.6 is 0 Å². The van der Waals surface area contributed by atoms with Crippen LogP contribution in [0.3, 0.4) is 0 Å². The zero-order chi connectivity index (χ0) is 12.3. The quantitative estimate of drug-likeness (QED) is 0.621. The summed E-state index contributed by atoms with van der Waals surface area (Å²) in [6.45, 7) is 8.06. The third-order valence-electron chi connectivity index (χ3n) is 5.70. The van der Waals surface area contributed by atoms with Gasteiger partial charge in [-0.3, -0.25) is 0 Å². The Balaban J connectivity index is 0.000000125. The van der Waals surface area contributed by atoms with Crippen molar-refractivity contribution in [1.29, 1.82) is 0 Å². The molecule has 0 aromatic rings. The molecule has 0 aromatic carbocycles. The Hall–Kier alpha value is -0.120. The van der Waals surface area contributed by atoms with Gasteiger partial charge in [-0.25, -0.2) is 0 Å². The zero-order valence-corrected chi connectivity index (χ0v) is 11.8. The first-order valence-electron chi connectivity index (χ1n) is 8.18. The maximum Gasteiger partial charge on any atom is 0.109 e. The van der Waals surface area contributed by atoms with Crippen LogP contribution in [0, 0.1) is 5.92 Å². The van der Waals surface area contributed by atoms with Crippen molar-refractivity contribution in [2.45, 2.75) is 50.5 Å². The highest BCUT2D eigenvalue weighted by atomic mass is 15.3. The van der Waals surface area contributed by atoms with Crippen LogP contribution in [0.1, 0.15) is 44.9 Å². The Morgan fingerprint density at radius 1 is 0.778 bits per heavy atom. The third kappa shape index (κ3) is 2.45. The number of quaternary nitrogens is 1. The molecule has 4 saturated heterocycles. The van der Waals surface area contributed by atoms with E-state index in [-0.39, 0.29) is 0 Å². The molecule has 3 N–H and O–H groups in total. The van der Waals surface area contributed by atoms with Crippen molar-refractivity contribution in [2.75, 3.05) is 39.3 Å². The van der Waals surface area contributed by atoms with Gasteiger partial charge in [0.15, 0.2) is 0 Å². The first kappa shape index (κ1) is 12.9. The molecule has 18 heavy (non-hydrogen) atoms. The van der Waals surface area contributed by atoms with Crippen molar-refractivity contribution in [1.82, 2.24) is 10.6 Å². The second-order valence-corrected chi connectivity index (χ2v) is 6.63. The molecule has 4 heterocycles. The predicted molar refractivity (Wildman–Crippen MR) is 75.0 cm³/mol. The fourth-order valence-corrected chi connectivity index (χ4v) is 4.27. The summed E-state index contributed by atoms with van der Waals surface area (Å²) >= 11 is 0. The lowest BCUT2D eigenvalue weighted by molar-refractivity contribution is -0.988. The predicted octanol–water partition coefficient (Wildman–Crippen LogP) is 0.177. The van der Waals surface area contributed by atoms with Crippen LogP contribution in [0.2, 0.25) is 0 Å². The highest BCUT2D eigenvalue weighted by Crippen LogP contribution is 2.33. The van der Waals surface area contributed by atoms with E-state index in [4.69, 9.17) is 0 Å². The number of rotatable bonds is 1. The molecule has 0 aromatic heterocycles. The van der Waals surface area contributed by atoms with Gasteiger partial charge in [0.05, 0.1) is 19.5 Å². The molecule has 0 radical (unpaired) electrons. The zero-order valence-electron chi connectivity index (χ0n) is 11.8. The van der Waals surface area contributed by atoms with Gasteiger partial charge < -0.3 is 15.5 Å². The van der Waals surface area contributed by atoms with Gasteiger partial charge >= 0.3 is 0 Å². The number of hydrogen-bond acceptors (Lipinski definition) is 2. The van der Waals surface area contributed by atoms with E-state index in [1.807, 2.05) is 4.90 Å². The summed E-state index contributed by atoms with van der Waals surface area (Å²) in [7, 11) is 0. The summed E-state index contributed by atoms with van der Waals surface area (Å²) in [6.07, 6.45) is 10.2. The van der Waals surface area contributed by atoms with Crippen molar-refractivity contribution >= 4 is 0 Å². The highest BCUT2D eigenvalue weighted by molar-refractivity contribution is 4.99. The molecule has 2 unspecified atom stereocenters. The lowest BCUT2D eigenvalue weighted by atomic mass is 9.71. The number of hydrogen-bond donors (Lipinski definition) is 3. The number of nitrogens with one attached hydrogen (secondary N) is 3. The molecule has 2 atom stereocenters. The van der Waals surface area contributed by atoms with E-state index >= 15 is 0 Å². The fraction of sp³-hybridized carbons (Fsp3) is 1.00. The van der Waals surface area contributed by atoms with Gasteiger partial charge in [-0.2, -0.15) is 0 Å². The van der Waals surface area contributed by atoms with Crippen molar-refractivity contribution in [3.8, 4) is 0 Å². The second-order valence-electron chi connectivity index (χ2n) is 6.63. The van der Waals surface area contributed by atoms with Crippen LogP contribution in [0.15, 0.2) is 0 Å². The summed E-state index contributed by atoms with van der Waals surface area (Å²) in [6, 6.07) is 0. The van der Waals surface area contributed by atoms with E-state index in [0.29, 0.717) is 0 Å². The van der Waals surface area contributed by atoms with Crippen molar-refractivity contribution in [3.63, 3.8) is 0 Å². The molecule has 0 amide bonds. The minimum atomic E-state index is 0.783. The van der Waals surface area contributed by atoms with Crippen LogP contribution < -0.4 is 15.5 Å².